The molecule has 0 aromatic heterocycles. The molecule has 10 nitrogen and oxygen atoms in total. The van der Waals surface area contributed by atoms with Gasteiger partial charge in [0, 0.05) is 37.2 Å². The summed E-state index contributed by atoms with van der Waals surface area (Å²) in [5.41, 5.74) is 6.43. The fraction of sp³-hybridized carbons (Fsp3) is 0.630. The maximum Gasteiger partial charge on any atom is 0.251 e. The summed E-state index contributed by atoms with van der Waals surface area (Å²) in [4.78, 5) is 24.1. The summed E-state index contributed by atoms with van der Waals surface area (Å²) in [6.07, 6.45) is 0.354. The summed E-state index contributed by atoms with van der Waals surface area (Å²) >= 11 is 0. The van der Waals surface area contributed by atoms with Crippen molar-refractivity contribution in [2.45, 2.75) is 46.4 Å². The molecule has 2 unspecified atom stereocenters. The first-order valence-electron chi connectivity index (χ1n) is 12.8. The summed E-state index contributed by atoms with van der Waals surface area (Å²) in [7, 11) is 0. The molecule has 0 bridgehead atoms. The minimum absolute atomic E-state index is 0.0786. The number of hydrogen-bond acceptors (Lipinski definition) is 8. The average Bonchev–Trinajstić information content (AvgIpc) is 2.88. The van der Waals surface area contributed by atoms with Gasteiger partial charge in [0.05, 0.1) is 19.8 Å². The summed E-state index contributed by atoms with van der Waals surface area (Å²) in [5.74, 6) is 6.34. The van der Waals surface area contributed by atoms with E-state index in [1.165, 1.54) is 0 Å². The van der Waals surface area contributed by atoms with Gasteiger partial charge in [-0.1, -0.05) is 38.7 Å². The molecule has 0 aliphatic heterocycles. The number of nitrogens with two attached hydrogens (primary N) is 1. The lowest BCUT2D eigenvalue weighted by molar-refractivity contribution is -0.126. The summed E-state index contributed by atoms with van der Waals surface area (Å²) < 4.78 is 21.7. The molecule has 0 aliphatic rings. The molecular weight excluding hydrogens is 476 g/mol. The standard InChI is InChI=1S/C27H44N4O6/c1-5-22(4)29-11-12-31-27(33)23-9-6-10-24(18-23)37-19-25(28)36-17-16-35-20-26(32)30-13-15-34-14-7-8-21(2)3/h6,9-10,18,21-22,25,29H,5,11-17,19-20,28H2,1-4H3,(H,30,32)(H,31,33). The van der Waals surface area contributed by atoms with E-state index in [2.05, 4.69) is 41.6 Å². The number of amides is 2. The molecule has 5 N–H and O–H groups in total. The second-order valence-corrected chi connectivity index (χ2v) is 8.70. The lowest BCUT2D eigenvalue weighted by Gasteiger charge is -2.15. The largest absolute Gasteiger partial charge is 0.489 e. The highest BCUT2D eigenvalue weighted by atomic mass is 16.6. The number of hydrogen-bond donors (Lipinski definition) is 4. The van der Waals surface area contributed by atoms with Crippen molar-refractivity contribution in [3.8, 4) is 17.6 Å². The summed E-state index contributed by atoms with van der Waals surface area (Å²) in [6.45, 7) is 11.1. The van der Waals surface area contributed by atoms with E-state index in [1.807, 2.05) is 13.8 Å². The molecule has 0 saturated heterocycles. The molecule has 0 heterocycles. The fourth-order valence-corrected chi connectivity index (χ4v) is 2.80. The molecule has 0 spiro atoms. The van der Waals surface area contributed by atoms with E-state index in [-0.39, 0.29) is 38.2 Å². The Balaban J connectivity index is 2.13. The highest BCUT2D eigenvalue weighted by Crippen LogP contribution is 2.13. The lowest BCUT2D eigenvalue weighted by Crippen LogP contribution is -2.35. The van der Waals surface area contributed by atoms with Crippen LogP contribution in [0.5, 0.6) is 5.75 Å². The molecule has 10 heteroatoms. The van der Waals surface area contributed by atoms with Crippen LogP contribution in [0.1, 0.15) is 44.5 Å². The van der Waals surface area contributed by atoms with Crippen molar-refractivity contribution in [1.82, 2.24) is 16.0 Å². The molecule has 0 saturated carbocycles. The van der Waals surface area contributed by atoms with Crippen LogP contribution in [0, 0.1) is 17.8 Å². The van der Waals surface area contributed by atoms with Crippen molar-refractivity contribution in [1.29, 1.82) is 0 Å². The van der Waals surface area contributed by atoms with Crippen molar-refractivity contribution in [3.05, 3.63) is 29.8 Å². The first kappa shape index (κ1) is 32.3. The number of carbonyl (C=O) groups is 2. The van der Waals surface area contributed by atoms with Crippen LogP contribution in [0.2, 0.25) is 0 Å². The minimum Gasteiger partial charge on any atom is -0.489 e. The van der Waals surface area contributed by atoms with Gasteiger partial charge in [-0.3, -0.25) is 9.59 Å². The molecule has 0 radical (unpaired) electrons. The van der Waals surface area contributed by atoms with Gasteiger partial charge >= 0.3 is 0 Å². The fourth-order valence-electron chi connectivity index (χ4n) is 2.80. The molecule has 1 aromatic carbocycles. The average molecular weight is 521 g/mol. The van der Waals surface area contributed by atoms with Crippen LogP contribution in [0.15, 0.2) is 24.3 Å². The van der Waals surface area contributed by atoms with Gasteiger partial charge in [0.15, 0.2) is 0 Å². The third kappa shape index (κ3) is 17.4. The van der Waals surface area contributed by atoms with Crippen LogP contribution in [-0.4, -0.2) is 83.4 Å². The monoisotopic (exact) mass is 520 g/mol. The van der Waals surface area contributed by atoms with Crippen LogP contribution in [0.25, 0.3) is 0 Å². The third-order valence-electron chi connectivity index (χ3n) is 4.95. The predicted molar refractivity (Wildman–Crippen MR) is 143 cm³/mol. The number of nitrogens with one attached hydrogen (secondary N) is 3. The van der Waals surface area contributed by atoms with E-state index in [9.17, 15) is 9.59 Å². The Morgan fingerprint density at radius 2 is 1.84 bits per heavy atom. The van der Waals surface area contributed by atoms with E-state index in [0.717, 1.165) is 6.42 Å². The van der Waals surface area contributed by atoms with Gasteiger partial charge in [0.1, 0.15) is 31.8 Å². The molecule has 1 aromatic rings. The van der Waals surface area contributed by atoms with Gasteiger partial charge in [-0.15, -0.1) is 0 Å². The van der Waals surface area contributed by atoms with E-state index < -0.39 is 6.23 Å². The van der Waals surface area contributed by atoms with Crippen molar-refractivity contribution >= 4 is 11.8 Å². The van der Waals surface area contributed by atoms with Gasteiger partial charge in [-0.05, 0) is 31.5 Å². The molecule has 0 fully saturated rings. The minimum atomic E-state index is -0.683. The Bertz CT molecular complexity index is 840. The SMILES string of the molecule is CCC(C)NCCNC(=O)c1cccc(OCC(N)OCCOCC(=O)NCCOCC#CC(C)C)c1. The number of carbonyl (C=O) groups excluding carboxylic acids is 2. The number of benzene rings is 1. The Morgan fingerprint density at radius 1 is 1.03 bits per heavy atom. The van der Waals surface area contributed by atoms with Gasteiger partial charge in [0.25, 0.3) is 5.91 Å². The highest BCUT2D eigenvalue weighted by molar-refractivity contribution is 5.94. The zero-order chi connectivity index (χ0) is 27.3. The van der Waals surface area contributed by atoms with E-state index in [1.54, 1.807) is 24.3 Å². The van der Waals surface area contributed by atoms with Crippen molar-refractivity contribution in [3.63, 3.8) is 0 Å². The van der Waals surface area contributed by atoms with Gasteiger partial charge < -0.3 is 40.6 Å². The van der Waals surface area contributed by atoms with Gasteiger partial charge in [-0.25, -0.2) is 0 Å². The predicted octanol–water partition coefficient (Wildman–Crippen LogP) is 1.29. The van der Waals surface area contributed by atoms with Crippen LogP contribution in [0.3, 0.4) is 0 Å². The second kappa shape index (κ2) is 20.4. The van der Waals surface area contributed by atoms with Crippen LogP contribution in [-0.2, 0) is 19.0 Å². The highest BCUT2D eigenvalue weighted by Gasteiger charge is 2.09. The number of ether oxygens (including phenoxy) is 4. The third-order valence-corrected chi connectivity index (χ3v) is 4.95. The van der Waals surface area contributed by atoms with Gasteiger partial charge in [0.2, 0.25) is 5.91 Å². The first-order valence-corrected chi connectivity index (χ1v) is 12.8. The molecule has 208 valence electrons. The smallest absolute Gasteiger partial charge is 0.251 e. The Kier molecular flexibility index (Phi) is 17.8. The van der Waals surface area contributed by atoms with Crippen molar-refractivity contribution in [2.75, 3.05) is 59.3 Å². The Labute approximate surface area is 221 Å². The quantitative estimate of drug-likeness (QED) is 0.122. The maximum atomic E-state index is 12.3. The van der Waals surface area contributed by atoms with Gasteiger partial charge in [-0.2, -0.15) is 0 Å². The topological polar surface area (TPSA) is 133 Å². The number of rotatable bonds is 19. The zero-order valence-electron chi connectivity index (χ0n) is 22.6. The Morgan fingerprint density at radius 3 is 2.59 bits per heavy atom. The second-order valence-electron chi connectivity index (χ2n) is 8.70. The maximum absolute atomic E-state index is 12.3. The molecule has 0 aliphatic carbocycles. The first-order chi connectivity index (χ1) is 17.8. The molecule has 2 amide bonds. The summed E-state index contributed by atoms with van der Waals surface area (Å²) in [5, 5.41) is 8.91. The van der Waals surface area contributed by atoms with Crippen molar-refractivity contribution in [2.24, 2.45) is 11.7 Å². The van der Waals surface area contributed by atoms with Crippen LogP contribution in [0.4, 0.5) is 0 Å². The summed E-state index contributed by atoms with van der Waals surface area (Å²) in [6, 6.07) is 7.31. The molecule has 37 heavy (non-hydrogen) atoms. The molecule has 1 rings (SSSR count). The zero-order valence-corrected chi connectivity index (χ0v) is 22.6. The van der Waals surface area contributed by atoms with E-state index in [0.29, 0.717) is 56.1 Å². The van der Waals surface area contributed by atoms with Crippen molar-refractivity contribution < 1.29 is 28.5 Å². The normalized spacial score (nSPS) is 12.4. The lowest BCUT2D eigenvalue weighted by atomic mass is 10.2. The van der Waals surface area contributed by atoms with E-state index >= 15 is 0 Å². The molecular formula is C27H44N4O6. The van der Waals surface area contributed by atoms with E-state index in [4.69, 9.17) is 24.7 Å². The molecule has 2 atom stereocenters. The van der Waals surface area contributed by atoms with Crippen LogP contribution >= 0.6 is 0 Å². The van der Waals surface area contributed by atoms with Crippen LogP contribution < -0.4 is 26.4 Å². The Hall–Kier alpha value is -2.68.